The molecule has 8 heteroatoms. The number of ether oxygens (including phenoxy) is 4. The van der Waals surface area contributed by atoms with Gasteiger partial charge in [-0.1, -0.05) is 0 Å². The number of ketones is 1. The highest BCUT2D eigenvalue weighted by Gasteiger charge is 2.36. The zero-order chi connectivity index (χ0) is 21.8. The van der Waals surface area contributed by atoms with Gasteiger partial charge >= 0.3 is 5.97 Å². The molecular formula is C23H23NO7. The topological polar surface area (TPSA) is 91.4 Å². The molecule has 2 aromatic carbocycles. The molecule has 162 valence electrons. The van der Waals surface area contributed by atoms with Gasteiger partial charge in [-0.15, -0.1) is 0 Å². The lowest BCUT2D eigenvalue weighted by Crippen LogP contribution is -2.27. The Hall–Kier alpha value is -3.55. The number of amides is 1. The summed E-state index contributed by atoms with van der Waals surface area (Å²) in [6.07, 6.45) is 0.0459. The molecule has 1 amide bonds. The van der Waals surface area contributed by atoms with E-state index in [1.54, 1.807) is 47.4 Å². The molecule has 0 aliphatic carbocycles. The van der Waals surface area contributed by atoms with Crippen molar-refractivity contribution in [2.75, 3.05) is 37.9 Å². The van der Waals surface area contributed by atoms with Gasteiger partial charge in [0.15, 0.2) is 23.9 Å². The van der Waals surface area contributed by atoms with Gasteiger partial charge in [-0.3, -0.25) is 14.4 Å². The zero-order valence-electron chi connectivity index (χ0n) is 17.2. The summed E-state index contributed by atoms with van der Waals surface area (Å²) in [5, 5.41) is 0. The molecule has 0 saturated carbocycles. The van der Waals surface area contributed by atoms with Gasteiger partial charge in [0.1, 0.15) is 19.0 Å². The van der Waals surface area contributed by atoms with E-state index in [9.17, 15) is 14.4 Å². The van der Waals surface area contributed by atoms with Gasteiger partial charge < -0.3 is 23.8 Å². The van der Waals surface area contributed by atoms with Crippen LogP contribution in [0.5, 0.6) is 17.2 Å². The first-order valence-corrected chi connectivity index (χ1v) is 10.2. The van der Waals surface area contributed by atoms with Crippen molar-refractivity contribution in [2.24, 2.45) is 5.92 Å². The van der Waals surface area contributed by atoms with E-state index in [1.807, 2.05) is 6.92 Å². The average molecular weight is 425 g/mol. The third-order valence-corrected chi connectivity index (χ3v) is 5.13. The minimum Gasteiger partial charge on any atom is -0.494 e. The van der Waals surface area contributed by atoms with Gasteiger partial charge in [-0.2, -0.15) is 0 Å². The van der Waals surface area contributed by atoms with Crippen LogP contribution in [0, 0.1) is 5.92 Å². The summed E-state index contributed by atoms with van der Waals surface area (Å²) in [5.41, 5.74) is 1.06. The van der Waals surface area contributed by atoms with E-state index >= 15 is 0 Å². The van der Waals surface area contributed by atoms with Crippen LogP contribution in [0.3, 0.4) is 0 Å². The molecule has 1 unspecified atom stereocenters. The molecule has 1 fully saturated rings. The first-order chi connectivity index (χ1) is 15.0. The van der Waals surface area contributed by atoms with E-state index in [4.69, 9.17) is 18.9 Å². The molecule has 0 bridgehead atoms. The van der Waals surface area contributed by atoms with Gasteiger partial charge in [0.25, 0.3) is 0 Å². The smallest absolute Gasteiger partial charge is 0.311 e. The lowest BCUT2D eigenvalue weighted by atomic mass is 10.1. The van der Waals surface area contributed by atoms with Crippen LogP contribution in [0.25, 0.3) is 0 Å². The second-order valence-corrected chi connectivity index (χ2v) is 7.22. The lowest BCUT2D eigenvalue weighted by molar-refractivity contribution is -0.147. The Morgan fingerprint density at radius 2 is 1.81 bits per heavy atom. The third-order valence-electron chi connectivity index (χ3n) is 5.13. The van der Waals surface area contributed by atoms with E-state index in [1.165, 1.54) is 0 Å². The minimum atomic E-state index is -0.618. The van der Waals surface area contributed by atoms with E-state index < -0.39 is 18.5 Å². The summed E-state index contributed by atoms with van der Waals surface area (Å²) in [6.45, 7) is 3.15. The van der Waals surface area contributed by atoms with Crippen molar-refractivity contribution in [3.8, 4) is 17.2 Å². The summed E-state index contributed by atoms with van der Waals surface area (Å²) in [4.78, 5) is 38.8. The van der Waals surface area contributed by atoms with Crippen LogP contribution < -0.4 is 19.1 Å². The Bertz CT molecular complexity index is 986. The molecule has 31 heavy (non-hydrogen) atoms. The fourth-order valence-corrected chi connectivity index (χ4v) is 3.56. The molecule has 0 aromatic heterocycles. The van der Waals surface area contributed by atoms with Crippen LogP contribution in [-0.4, -0.2) is 50.6 Å². The molecule has 8 nitrogen and oxygen atoms in total. The van der Waals surface area contributed by atoms with Crippen LogP contribution in [0.2, 0.25) is 0 Å². The Balaban J connectivity index is 1.32. The molecule has 0 radical (unpaired) electrons. The van der Waals surface area contributed by atoms with Crippen LogP contribution in [-0.2, 0) is 14.3 Å². The van der Waals surface area contributed by atoms with Crippen molar-refractivity contribution < 1.29 is 33.3 Å². The van der Waals surface area contributed by atoms with Crippen molar-refractivity contribution in [1.82, 2.24) is 0 Å². The van der Waals surface area contributed by atoms with Crippen LogP contribution in [0.4, 0.5) is 5.69 Å². The molecule has 0 N–H and O–H groups in total. The Labute approximate surface area is 179 Å². The van der Waals surface area contributed by atoms with Crippen LogP contribution in [0.1, 0.15) is 23.7 Å². The number of anilines is 1. The van der Waals surface area contributed by atoms with Crippen molar-refractivity contribution in [3.63, 3.8) is 0 Å². The van der Waals surface area contributed by atoms with Crippen molar-refractivity contribution in [3.05, 3.63) is 48.0 Å². The third kappa shape index (κ3) is 4.63. The molecule has 2 aromatic rings. The van der Waals surface area contributed by atoms with Crippen LogP contribution >= 0.6 is 0 Å². The number of nitrogens with zero attached hydrogens (tertiary/aromatic N) is 1. The number of esters is 1. The second kappa shape index (κ2) is 9.07. The maximum atomic E-state index is 12.5. The molecular weight excluding hydrogens is 402 g/mol. The van der Waals surface area contributed by atoms with E-state index in [0.29, 0.717) is 48.3 Å². The number of benzene rings is 2. The van der Waals surface area contributed by atoms with Gasteiger partial charge in [-0.25, -0.2) is 0 Å². The number of hydrogen-bond donors (Lipinski definition) is 0. The highest BCUT2D eigenvalue weighted by atomic mass is 16.6. The Morgan fingerprint density at radius 1 is 1.06 bits per heavy atom. The van der Waals surface area contributed by atoms with Gasteiger partial charge in [-0.05, 0) is 49.4 Å². The monoisotopic (exact) mass is 425 g/mol. The highest BCUT2D eigenvalue weighted by molar-refractivity contribution is 6.01. The quantitative estimate of drug-likeness (QED) is 0.497. The first-order valence-electron chi connectivity index (χ1n) is 10.2. The number of Topliss-reactive ketones (excluding diaryl/α,β-unsaturated/α-hetero) is 1. The molecule has 0 spiro atoms. The molecule has 1 saturated heterocycles. The number of fused-ring (bicyclic) bond motifs is 1. The predicted octanol–water partition coefficient (Wildman–Crippen LogP) is 2.64. The van der Waals surface area contributed by atoms with Gasteiger partial charge in [0.2, 0.25) is 5.91 Å². The second-order valence-electron chi connectivity index (χ2n) is 7.22. The summed E-state index contributed by atoms with van der Waals surface area (Å²) >= 11 is 0. The van der Waals surface area contributed by atoms with Crippen molar-refractivity contribution in [2.45, 2.75) is 13.3 Å². The Kier molecular flexibility index (Phi) is 6.06. The van der Waals surface area contributed by atoms with Crippen molar-refractivity contribution >= 4 is 23.3 Å². The molecule has 1 atom stereocenters. The summed E-state index contributed by atoms with van der Waals surface area (Å²) in [5.74, 6) is 0.100. The fourth-order valence-electron chi connectivity index (χ4n) is 3.56. The number of carbonyl (C=O) groups is 3. The van der Waals surface area contributed by atoms with E-state index in [2.05, 4.69) is 0 Å². The van der Waals surface area contributed by atoms with E-state index in [0.717, 1.165) is 0 Å². The fraction of sp³-hybridized carbons (Fsp3) is 0.348. The minimum absolute atomic E-state index is 0.0459. The standard InChI is InChI=1S/C23H23NO7/c1-2-28-18-6-4-17(5-7-18)24-13-16(12-22(24)26)23(27)31-14-19(25)15-3-8-20-21(11-15)30-10-9-29-20/h3-8,11,16H,2,9-10,12-14H2,1H3. The Morgan fingerprint density at radius 3 is 2.55 bits per heavy atom. The number of carbonyl (C=O) groups excluding carboxylic acids is 3. The first kappa shape index (κ1) is 20.7. The number of rotatable bonds is 7. The maximum absolute atomic E-state index is 12.5. The molecule has 4 rings (SSSR count). The lowest BCUT2D eigenvalue weighted by Gasteiger charge is -2.18. The van der Waals surface area contributed by atoms with E-state index in [-0.39, 0.29) is 24.7 Å². The summed E-state index contributed by atoms with van der Waals surface area (Å²) in [7, 11) is 0. The normalized spacial score (nSPS) is 17.4. The average Bonchev–Trinajstić information content (AvgIpc) is 3.19. The highest BCUT2D eigenvalue weighted by Crippen LogP contribution is 2.31. The number of hydrogen-bond acceptors (Lipinski definition) is 7. The SMILES string of the molecule is CCOc1ccc(N2CC(C(=O)OCC(=O)c3ccc4c(c3)OCCO4)CC2=O)cc1. The van der Waals surface area contributed by atoms with Crippen molar-refractivity contribution in [1.29, 1.82) is 0 Å². The summed E-state index contributed by atoms with van der Waals surface area (Å²) < 4.78 is 21.5. The van der Waals surface area contributed by atoms with Gasteiger partial charge in [0.05, 0.1) is 12.5 Å². The summed E-state index contributed by atoms with van der Waals surface area (Å²) in [6, 6.07) is 12.0. The zero-order valence-corrected chi connectivity index (χ0v) is 17.2. The van der Waals surface area contributed by atoms with Gasteiger partial charge in [0, 0.05) is 24.2 Å². The molecule has 2 heterocycles. The maximum Gasteiger partial charge on any atom is 0.311 e. The molecule has 2 aliphatic rings. The van der Waals surface area contributed by atoms with Crippen LogP contribution in [0.15, 0.2) is 42.5 Å². The molecule has 2 aliphatic heterocycles. The largest absolute Gasteiger partial charge is 0.494 e. The predicted molar refractivity (Wildman–Crippen MR) is 111 cm³/mol.